The van der Waals surface area contributed by atoms with Crippen molar-refractivity contribution in [3.05, 3.63) is 29.6 Å². The van der Waals surface area contributed by atoms with Gasteiger partial charge < -0.3 is 14.8 Å². The predicted molar refractivity (Wildman–Crippen MR) is 56.0 cm³/mol. The van der Waals surface area contributed by atoms with Crippen molar-refractivity contribution in [1.82, 2.24) is 0 Å². The number of hydrogen-bond acceptors (Lipinski definition) is 4. The van der Waals surface area contributed by atoms with Gasteiger partial charge in [0.1, 0.15) is 5.82 Å². The molecule has 1 aromatic carbocycles. The van der Waals surface area contributed by atoms with Crippen molar-refractivity contribution in [3.63, 3.8) is 0 Å². The number of benzene rings is 1. The van der Waals surface area contributed by atoms with Crippen LogP contribution in [0.25, 0.3) is 0 Å². The molecule has 0 aromatic heterocycles. The smallest absolute Gasteiger partial charge is 0.340 e. The minimum Gasteiger partial charge on any atom is -0.465 e. The Morgan fingerprint density at radius 2 is 2.31 bits per heavy atom. The van der Waals surface area contributed by atoms with Crippen LogP contribution in [0, 0.1) is 5.82 Å². The lowest BCUT2D eigenvalue weighted by atomic mass is 10.1. The molecular weight excluding hydrogens is 213 g/mol. The number of methoxy groups -OCH3 is 1. The lowest BCUT2D eigenvalue weighted by molar-refractivity contribution is 0.0210. The fourth-order valence-corrected chi connectivity index (χ4v) is 1.46. The second-order valence-electron chi connectivity index (χ2n) is 3.56. The number of anilines is 1. The first-order chi connectivity index (χ1) is 7.70. The highest BCUT2D eigenvalue weighted by atomic mass is 19.1. The molecule has 0 unspecified atom stereocenters. The van der Waals surface area contributed by atoms with Gasteiger partial charge in [0.2, 0.25) is 0 Å². The molecule has 1 aromatic rings. The molecule has 0 spiro atoms. The van der Waals surface area contributed by atoms with E-state index in [1.807, 2.05) is 0 Å². The van der Waals surface area contributed by atoms with E-state index in [0.29, 0.717) is 18.9 Å². The minimum absolute atomic E-state index is 0.175. The van der Waals surface area contributed by atoms with Crippen LogP contribution < -0.4 is 5.32 Å². The lowest BCUT2D eigenvalue weighted by Crippen LogP contribution is -2.40. The summed E-state index contributed by atoms with van der Waals surface area (Å²) >= 11 is 0. The van der Waals surface area contributed by atoms with E-state index >= 15 is 0 Å². The Morgan fingerprint density at radius 1 is 1.56 bits per heavy atom. The van der Waals surface area contributed by atoms with Gasteiger partial charge in [-0.05, 0) is 18.2 Å². The van der Waals surface area contributed by atoms with Crippen molar-refractivity contribution in [2.45, 2.75) is 6.04 Å². The van der Waals surface area contributed by atoms with Gasteiger partial charge in [0.05, 0.1) is 31.9 Å². The normalized spacial score (nSPS) is 15.4. The lowest BCUT2D eigenvalue weighted by Gasteiger charge is -2.28. The van der Waals surface area contributed by atoms with Crippen LogP contribution in [0.5, 0.6) is 0 Å². The highest BCUT2D eigenvalue weighted by Crippen LogP contribution is 2.20. The Balaban J connectivity index is 2.23. The predicted octanol–water partition coefficient (Wildman–Crippen LogP) is 1.42. The van der Waals surface area contributed by atoms with Crippen LogP contribution in [0.4, 0.5) is 10.1 Å². The molecule has 1 saturated heterocycles. The summed E-state index contributed by atoms with van der Waals surface area (Å²) in [6, 6.07) is 4.16. The third-order valence-corrected chi connectivity index (χ3v) is 2.38. The van der Waals surface area contributed by atoms with E-state index in [9.17, 15) is 9.18 Å². The molecule has 0 radical (unpaired) electrons. The summed E-state index contributed by atoms with van der Waals surface area (Å²) in [6.07, 6.45) is 0. The zero-order valence-electron chi connectivity index (χ0n) is 8.83. The molecule has 86 valence electrons. The molecule has 0 bridgehead atoms. The van der Waals surface area contributed by atoms with Crippen LogP contribution in [-0.4, -0.2) is 32.3 Å². The molecule has 0 atom stereocenters. The van der Waals surface area contributed by atoms with E-state index < -0.39 is 11.8 Å². The van der Waals surface area contributed by atoms with Crippen LogP contribution in [0.15, 0.2) is 18.2 Å². The Kier molecular flexibility index (Phi) is 3.05. The molecule has 2 rings (SSSR count). The number of hydrogen-bond donors (Lipinski definition) is 1. The highest BCUT2D eigenvalue weighted by molar-refractivity contribution is 5.95. The second kappa shape index (κ2) is 4.49. The highest BCUT2D eigenvalue weighted by Gasteiger charge is 2.21. The average molecular weight is 225 g/mol. The van der Waals surface area contributed by atoms with Gasteiger partial charge in [-0.3, -0.25) is 0 Å². The van der Waals surface area contributed by atoms with Crippen LogP contribution in [0.3, 0.4) is 0 Å². The average Bonchev–Trinajstić information content (AvgIpc) is 2.23. The summed E-state index contributed by atoms with van der Waals surface area (Å²) in [7, 11) is 1.27. The van der Waals surface area contributed by atoms with Gasteiger partial charge >= 0.3 is 5.97 Å². The van der Waals surface area contributed by atoms with Crippen LogP contribution in [0.1, 0.15) is 10.4 Å². The van der Waals surface area contributed by atoms with E-state index in [1.54, 1.807) is 0 Å². The van der Waals surface area contributed by atoms with Crippen molar-refractivity contribution in [2.75, 3.05) is 25.6 Å². The van der Waals surface area contributed by atoms with Gasteiger partial charge in [0, 0.05) is 5.69 Å². The van der Waals surface area contributed by atoms with Crippen molar-refractivity contribution < 1.29 is 18.7 Å². The number of nitrogens with one attached hydrogen (secondary N) is 1. The number of carbonyl (C=O) groups is 1. The molecule has 16 heavy (non-hydrogen) atoms. The third-order valence-electron chi connectivity index (χ3n) is 2.38. The number of carbonyl (C=O) groups excluding carboxylic acids is 1. The SMILES string of the molecule is COC(=O)c1cc(F)ccc1NC1COC1. The van der Waals surface area contributed by atoms with E-state index in [0.717, 1.165) is 6.07 Å². The minimum atomic E-state index is -0.553. The van der Waals surface area contributed by atoms with E-state index in [2.05, 4.69) is 10.1 Å². The van der Waals surface area contributed by atoms with Crippen molar-refractivity contribution >= 4 is 11.7 Å². The first-order valence-corrected chi connectivity index (χ1v) is 4.93. The van der Waals surface area contributed by atoms with Crippen LogP contribution in [0.2, 0.25) is 0 Å². The summed E-state index contributed by atoms with van der Waals surface area (Å²) < 4.78 is 22.6. The Bertz CT molecular complexity index is 404. The maximum atomic E-state index is 13.0. The topological polar surface area (TPSA) is 47.6 Å². The molecule has 4 nitrogen and oxygen atoms in total. The van der Waals surface area contributed by atoms with Gasteiger partial charge in [0.15, 0.2) is 0 Å². The summed E-state index contributed by atoms with van der Waals surface area (Å²) in [6.45, 7) is 1.19. The maximum absolute atomic E-state index is 13.0. The maximum Gasteiger partial charge on any atom is 0.340 e. The second-order valence-corrected chi connectivity index (χ2v) is 3.56. The molecule has 1 aliphatic heterocycles. The molecular formula is C11H12FNO3. The van der Waals surface area contributed by atoms with Crippen molar-refractivity contribution in [2.24, 2.45) is 0 Å². The molecule has 0 aliphatic carbocycles. The van der Waals surface area contributed by atoms with Gasteiger partial charge in [0.25, 0.3) is 0 Å². The summed E-state index contributed by atoms with van der Waals surface area (Å²) in [5.41, 5.74) is 0.774. The molecule has 1 fully saturated rings. The number of rotatable bonds is 3. The first-order valence-electron chi connectivity index (χ1n) is 4.93. The number of ether oxygens (including phenoxy) is 2. The van der Waals surface area contributed by atoms with Crippen molar-refractivity contribution in [3.8, 4) is 0 Å². The molecule has 5 heteroatoms. The Morgan fingerprint density at radius 3 is 2.88 bits per heavy atom. The monoisotopic (exact) mass is 225 g/mol. The van der Waals surface area contributed by atoms with Crippen LogP contribution >= 0.6 is 0 Å². The molecule has 0 saturated carbocycles. The Labute approximate surface area is 92.4 Å². The number of esters is 1. The molecule has 1 heterocycles. The largest absolute Gasteiger partial charge is 0.465 e. The van der Waals surface area contributed by atoms with Gasteiger partial charge in [-0.2, -0.15) is 0 Å². The quantitative estimate of drug-likeness (QED) is 0.790. The van der Waals surface area contributed by atoms with E-state index in [1.165, 1.54) is 19.2 Å². The zero-order chi connectivity index (χ0) is 11.5. The Hall–Kier alpha value is -1.62. The summed E-state index contributed by atoms with van der Waals surface area (Å²) in [4.78, 5) is 11.4. The standard InChI is InChI=1S/C11H12FNO3/c1-15-11(14)9-4-7(12)2-3-10(9)13-8-5-16-6-8/h2-4,8,13H,5-6H2,1H3. The van der Waals surface area contributed by atoms with Gasteiger partial charge in [-0.1, -0.05) is 0 Å². The van der Waals surface area contributed by atoms with E-state index in [-0.39, 0.29) is 11.6 Å². The summed E-state index contributed by atoms with van der Waals surface area (Å²) in [5, 5.41) is 3.10. The van der Waals surface area contributed by atoms with Crippen molar-refractivity contribution in [1.29, 1.82) is 0 Å². The fourth-order valence-electron chi connectivity index (χ4n) is 1.46. The van der Waals surface area contributed by atoms with Gasteiger partial charge in [-0.25, -0.2) is 9.18 Å². The third kappa shape index (κ3) is 2.14. The molecule has 0 amide bonds. The van der Waals surface area contributed by atoms with E-state index in [4.69, 9.17) is 4.74 Å². The first kappa shape index (κ1) is 10.9. The fraction of sp³-hybridized carbons (Fsp3) is 0.364. The zero-order valence-corrected chi connectivity index (χ0v) is 8.83. The van der Waals surface area contributed by atoms with Crippen LogP contribution in [-0.2, 0) is 9.47 Å². The van der Waals surface area contributed by atoms with Gasteiger partial charge in [-0.15, -0.1) is 0 Å². The molecule has 1 N–H and O–H groups in total. The summed E-state index contributed by atoms with van der Waals surface area (Å²) in [5.74, 6) is -1.02. The number of halogens is 1. The molecule has 1 aliphatic rings.